The molecule has 1 aliphatic rings. The summed E-state index contributed by atoms with van der Waals surface area (Å²) in [6.45, 7) is 2.14. The summed E-state index contributed by atoms with van der Waals surface area (Å²) in [6.07, 6.45) is 3.73. The van der Waals surface area contributed by atoms with Gasteiger partial charge >= 0.3 is 5.97 Å². The molecule has 0 atom stereocenters. The SMILES string of the molecule is COC(=O)c1cnc(C)n1Cc1nc(C2CC2)no1. The molecule has 7 heteroatoms. The van der Waals surface area contributed by atoms with E-state index in [0.29, 0.717) is 29.9 Å². The van der Waals surface area contributed by atoms with Crippen molar-refractivity contribution in [2.24, 2.45) is 0 Å². The van der Waals surface area contributed by atoms with E-state index in [0.717, 1.165) is 18.7 Å². The van der Waals surface area contributed by atoms with Crippen molar-refractivity contribution in [3.63, 3.8) is 0 Å². The van der Waals surface area contributed by atoms with E-state index >= 15 is 0 Å². The average molecular weight is 262 g/mol. The van der Waals surface area contributed by atoms with Crippen LogP contribution in [0.2, 0.25) is 0 Å². The summed E-state index contributed by atoms with van der Waals surface area (Å²) in [5.41, 5.74) is 0.381. The van der Waals surface area contributed by atoms with E-state index in [1.807, 2.05) is 6.92 Å². The summed E-state index contributed by atoms with van der Waals surface area (Å²) in [4.78, 5) is 20.1. The Morgan fingerprint density at radius 3 is 3.05 bits per heavy atom. The first-order valence-corrected chi connectivity index (χ1v) is 6.12. The highest BCUT2D eigenvalue weighted by molar-refractivity contribution is 5.87. The molecule has 0 saturated heterocycles. The lowest BCUT2D eigenvalue weighted by molar-refractivity contribution is 0.0588. The lowest BCUT2D eigenvalue weighted by atomic mass is 10.4. The minimum Gasteiger partial charge on any atom is -0.464 e. The molecule has 0 bridgehead atoms. The summed E-state index contributed by atoms with van der Waals surface area (Å²) < 4.78 is 11.6. The van der Waals surface area contributed by atoms with Crippen LogP contribution in [-0.2, 0) is 11.3 Å². The molecule has 1 aliphatic carbocycles. The third kappa shape index (κ3) is 2.23. The molecule has 2 aromatic heterocycles. The Hall–Kier alpha value is -2.18. The summed E-state index contributed by atoms with van der Waals surface area (Å²) >= 11 is 0. The maximum Gasteiger partial charge on any atom is 0.356 e. The van der Waals surface area contributed by atoms with Gasteiger partial charge in [-0.1, -0.05) is 5.16 Å². The van der Waals surface area contributed by atoms with Crippen molar-refractivity contribution in [1.29, 1.82) is 0 Å². The Bertz CT molecular complexity index is 612. The molecule has 0 unspecified atom stereocenters. The van der Waals surface area contributed by atoms with E-state index in [4.69, 9.17) is 9.26 Å². The Morgan fingerprint density at radius 2 is 2.37 bits per heavy atom. The molecule has 3 rings (SSSR count). The number of aromatic nitrogens is 4. The number of hydrogen-bond donors (Lipinski definition) is 0. The lowest BCUT2D eigenvalue weighted by Gasteiger charge is -2.05. The molecular formula is C12H14N4O3. The Kier molecular flexibility index (Phi) is 2.81. The maximum atomic E-state index is 11.6. The highest BCUT2D eigenvalue weighted by Crippen LogP contribution is 2.38. The van der Waals surface area contributed by atoms with Gasteiger partial charge in [0.2, 0.25) is 5.89 Å². The van der Waals surface area contributed by atoms with Gasteiger partial charge in [-0.25, -0.2) is 9.78 Å². The molecule has 1 saturated carbocycles. The maximum absolute atomic E-state index is 11.6. The molecular weight excluding hydrogens is 248 g/mol. The number of ether oxygens (including phenoxy) is 1. The molecule has 0 N–H and O–H groups in total. The van der Waals surface area contributed by atoms with E-state index in [1.54, 1.807) is 4.57 Å². The number of imidazole rings is 1. The highest BCUT2D eigenvalue weighted by Gasteiger charge is 2.29. The first-order valence-electron chi connectivity index (χ1n) is 6.12. The topological polar surface area (TPSA) is 83.0 Å². The zero-order valence-corrected chi connectivity index (χ0v) is 10.8. The zero-order chi connectivity index (χ0) is 13.4. The molecule has 0 spiro atoms. The Morgan fingerprint density at radius 1 is 1.58 bits per heavy atom. The Balaban J connectivity index is 1.85. The highest BCUT2D eigenvalue weighted by atomic mass is 16.5. The third-order valence-electron chi connectivity index (χ3n) is 3.17. The first kappa shape index (κ1) is 11.9. The van der Waals surface area contributed by atoms with Crippen LogP contribution in [0.1, 0.15) is 46.8 Å². The van der Waals surface area contributed by atoms with Crippen LogP contribution < -0.4 is 0 Å². The monoisotopic (exact) mass is 262 g/mol. The minimum atomic E-state index is -0.428. The number of nitrogens with zero attached hydrogens (tertiary/aromatic N) is 4. The van der Waals surface area contributed by atoms with Crippen molar-refractivity contribution in [3.05, 3.63) is 29.4 Å². The molecule has 0 radical (unpaired) electrons. The van der Waals surface area contributed by atoms with Crippen molar-refractivity contribution in [2.45, 2.75) is 32.2 Å². The second-order valence-corrected chi connectivity index (χ2v) is 4.59. The van der Waals surface area contributed by atoms with Crippen LogP contribution in [0.5, 0.6) is 0 Å². The summed E-state index contributed by atoms with van der Waals surface area (Å²) in [6, 6.07) is 0. The van der Waals surface area contributed by atoms with Crippen molar-refractivity contribution in [2.75, 3.05) is 7.11 Å². The van der Waals surface area contributed by atoms with E-state index in [2.05, 4.69) is 15.1 Å². The number of hydrogen-bond acceptors (Lipinski definition) is 6. The van der Waals surface area contributed by atoms with Crippen LogP contribution in [-0.4, -0.2) is 32.8 Å². The van der Waals surface area contributed by atoms with E-state index in [1.165, 1.54) is 13.3 Å². The molecule has 100 valence electrons. The second-order valence-electron chi connectivity index (χ2n) is 4.59. The van der Waals surface area contributed by atoms with Gasteiger partial charge in [0.15, 0.2) is 5.82 Å². The van der Waals surface area contributed by atoms with Gasteiger partial charge in [-0.05, 0) is 19.8 Å². The average Bonchev–Trinajstić information content (AvgIpc) is 3.06. The van der Waals surface area contributed by atoms with Crippen LogP contribution in [0.4, 0.5) is 0 Å². The molecule has 0 amide bonds. The number of carbonyl (C=O) groups is 1. The smallest absolute Gasteiger partial charge is 0.356 e. The number of methoxy groups -OCH3 is 1. The standard InChI is InChI=1S/C12H14N4O3/c1-7-13-5-9(12(17)18-2)16(7)6-10-14-11(15-19-10)8-3-4-8/h5,8H,3-4,6H2,1-2H3. The fraction of sp³-hybridized carbons (Fsp3) is 0.500. The number of aryl methyl sites for hydroxylation is 1. The molecule has 7 nitrogen and oxygen atoms in total. The number of rotatable bonds is 4. The fourth-order valence-electron chi connectivity index (χ4n) is 1.91. The van der Waals surface area contributed by atoms with Gasteiger partial charge in [-0.2, -0.15) is 4.98 Å². The summed E-state index contributed by atoms with van der Waals surface area (Å²) in [5.74, 6) is 1.95. The molecule has 0 aliphatic heterocycles. The van der Waals surface area contributed by atoms with Gasteiger partial charge in [-0.15, -0.1) is 0 Å². The molecule has 2 heterocycles. The van der Waals surface area contributed by atoms with Gasteiger partial charge in [0.05, 0.1) is 13.3 Å². The van der Waals surface area contributed by atoms with Crippen molar-refractivity contribution >= 4 is 5.97 Å². The lowest BCUT2D eigenvalue weighted by Crippen LogP contribution is -2.12. The number of carbonyl (C=O) groups excluding carboxylic acids is 1. The second kappa shape index (κ2) is 4.49. The first-order chi connectivity index (χ1) is 9.19. The van der Waals surface area contributed by atoms with E-state index in [9.17, 15) is 4.79 Å². The van der Waals surface area contributed by atoms with Crippen LogP contribution in [0.15, 0.2) is 10.7 Å². The van der Waals surface area contributed by atoms with E-state index in [-0.39, 0.29) is 0 Å². The van der Waals surface area contributed by atoms with Gasteiger partial charge in [0.25, 0.3) is 0 Å². The van der Waals surface area contributed by atoms with Crippen LogP contribution in [0.25, 0.3) is 0 Å². The van der Waals surface area contributed by atoms with Crippen molar-refractivity contribution in [1.82, 2.24) is 19.7 Å². The van der Waals surface area contributed by atoms with Crippen LogP contribution in [0.3, 0.4) is 0 Å². The van der Waals surface area contributed by atoms with Crippen molar-refractivity contribution in [3.8, 4) is 0 Å². The third-order valence-corrected chi connectivity index (χ3v) is 3.17. The van der Waals surface area contributed by atoms with Crippen molar-refractivity contribution < 1.29 is 14.1 Å². The minimum absolute atomic E-state index is 0.329. The van der Waals surface area contributed by atoms with Crippen LogP contribution in [0, 0.1) is 6.92 Å². The van der Waals surface area contributed by atoms with Crippen LogP contribution >= 0.6 is 0 Å². The zero-order valence-electron chi connectivity index (χ0n) is 10.8. The van der Waals surface area contributed by atoms with Gasteiger partial charge in [0, 0.05) is 5.92 Å². The molecule has 0 aromatic carbocycles. The Labute approximate surface area is 109 Å². The normalized spacial score (nSPS) is 14.6. The number of esters is 1. The van der Waals surface area contributed by atoms with Gasteiger partial charge in [-0.3, -0.25) is 0 Å². The quantitative estimate of drug-likeness (QED) is 0.772. The summed E-state index contributed by atoms with van der Waals surface area (Å²) in [5, 5.41) is 3.95. The van der Waals surface area contributed by atoms with E-state index < -0.39 is 5.97 Å². The molecule has 19 heavy (non-hydrogen) atoms. The fourth-order valence-corrected chi connectivity index (χ4v) is 1.91. The van der Waals surface area contributed by atoms with Gasteiger partial charge in [0.1, 0.15) is 18.1 Å². The summed E-state index contributed by atoms with van der Waals surface area (Å²) in [7, 11) is 1.34. The molecule has 1 fully saturated rings. The molecule has 2 aromatic rings. The van der Waals surface area contributed by atoms with Gasteiger partial charge < -0.3 is 13.8 Å². The predicted molar refractivity (Wildman–Crippen MR) is 63.7 cm³/mol. The largest absolute Gasteiger partial charge is 0.464 e. The predicted octanol–water partition coefficient (Wildman–Crippen LogP) is 1.29.